The monoisotopic (exact) mass is 482 g/mol. The first-order chi connectivity index (χ1) is 15.0. The summed E-state index contributed by atoms with van der Waals surface area (Å²) in [5, 5.41) is 14.7. The van der Waals surface area contributed by atoms with E-state index in [1.54, 1.807) is 51.2 Å². The number of nitrogens with zero attached hydrogens (tertiary/aromatic N) is 1. The number of ether oxygens (including phenoxy) is 3. The maximum absolute atomic E-state index is 12.5. The van der Waals surface area contributed by atoms with Gasteiger partial charge in [-0.1, -0.05) is 29.3 Å². The van der Waals surface area contributed by atoms with Crippen LogP contribution in [0.25, 0.3) is 0 Å². The van der Waals surface area contributed by atoms with Crippen molar-refractivity contribution >= 4 is 29.3 Å². The Morgan fingerprint density at radius 3 is 2.62 bits per heavy atom. The molecule has 1 aromatic heterocycles. The molecule has 1 aliphatic heterocycles. The Balaban J connectivity index is 1.87. The lowest BCUT2D eigenvalue weighted by molar-refractivity contribution is 0.0418. The average molecular weight is 483 g/mol. The maximum Gasteiger partial charge on any atom is 0.408 e. The average Bonchev–Trinajstić information content (AvgIpc) is 3.20. The number of nitrogens with one attached hydrogen (secondary N) is 1. The fourth-order valence-corrected chi connectivity index (χ4v) is 3.66. The van der Waals surface area contributed by atoms with Gasteiger partial charge in [0.25, 0.3) is 0 Å². The Morgan fingerprint density at radius 1 is 1.28 bits per heavy atom. The van der Waals surface area contributed by atoms with Gasteiger partial charge < -0.3 is 24.6 Å². The second-order valence-corrected chi connectivity index (χ2v) is 9.54. The lowest BCUT2D eigenvalue weighted by Crippen LogP contribution is -2.37. The molecular weight excluding hydrogens is 455 g/mol. The van der Waals surface area contributed by atoms with Gasteiger partial charge in [-0.15, -0.1) is 0 Å². The zero-order valence-electron chi connectivity index (χ0n) is 18.5. The molecule has 1 amide bonds. The topological polar surface area (TPSA) is 89.9 Å². The van der Waals surface area contributed by atoms with Gasteiger partial charge in [0.2, 0.25) is 5.88 Å². The number of alkyl carbamates (subject to hydrolysis) is 1. The molecule has 0 saturated carbocycles. The quantitative estimate of drug-likeness (QED) is 0.590. The first kappa shape index (κ1) is 24.6. The molecule has 1 aromatic carbocycles. The van der Waals surface area contributed by atoms with Crippen molar-refractivity contribution in [3.63, 3.8) is 0 Å². The second kappa shape index (κ2) is 10.3. The minimum Gasteiger partial charge on any atom is -0.472 e. The highest BCUT2D eigenvalue weighted by atomic mass is 35.5. The summed E-state index contributed by atoms with van der Waals surface area (Å²) in [5.41, 5.74) is 1.17. The van der Waals surface area contributed by atoms with Crippen molar-refractivity contribution in [2.24, 2.45) is 0 Å². The van der Waals surface area contributed by atoms with E-state index < -0.39 is 23.8 Å². The molecule has 3 rings (SSSR count). The molecule has 9 heteroatoms. The summed E-state index contributed by atoms with van der Waals surface area (Å²) in [7, 11) is 0. The normalized spacial score (nSPS) is 18.2. The lowest BCUT2D eigenvalue weighted by atomic mass is 9.94. The SMILES string of the molecule is Cc1cc(OC2CCOC2)ncc1C(O)C(NC(=O)OC(C)(C)C)c1ccc(Cl)c(Cl)c1. The molecular formula is C23H28Cl2N2O5. The number of carbonyl (C=O) groups excluding carboxylic acids is 1. The molecule has 3 atom stereocenters. The first-order valence-corrected chi connectivity index (χ1v) is 11.1. The van der Waals surface area contributed by atoms with Gasteiger partial charge in [0.15, 0.2) is 0 Å². The second-order valence-electron chi connectivity index (χ2n) is 8.72. The minimum absolute atomic E-state index is 0.0320. The van der Waals surface area contributed by atoms with Gasteiger partial charge in [-0.05, 0) is 51.0 Å². The van der Waals surface area contributed by atoms with Crippen LogP contribution in [0.1, 0.15) is 56.0 Å². The number of hydrogen-bond acceptors (Lipinski definition) is 6. The Hall–Kier alpha value is -2.06. The molecule has 1 fully saturated rings. The van der Waals surface area contributed by atoms with E-state index in [9.17, 15) is 9.90 Å². The largest absolute Gasteiger partial charge is 0.472 e. The molecule has 7 nitrogen and oxygen atoms in total. The van der Waals surface area contributed by atoms with E-state index in [1.165, 1.54) is 0 Å². The number of benzene rings is 1. The Labute approximate surface area is 198 Å². The number of aliphatic hydroxyl groups is 1. The number of amides is 1. The number of aliphatic hydroxyl groups excluding tert-OH is 1. The van der Waals surface area contributed by atoms with Gasteiger partial charge in [0.1, 0.15) is 17.8 Å². The summed E-state index contributed by atoms with van der Waals surface area (Å²) in [6.45, 7) is 8.34. The summed E-state index contributed by atoms with van der Waals surface area (Å²) < 4.78 is 16.6. The van der Waals surface area contributed by atoms with E-state index in [0.717, 1.165) is 12.0 Å². The minimum atomic E-state index is -1.13. The molecule has 2 N–H and O–H groups in total. The highest BCUT2D eigenvalue weighted by molar-refractivity contribution is 6.42. The fraction of sp³-hybridized carbons (Fsp3) is 0.478. The standard InChI is InChI=1S/C23H28Cl2N2O5/c1-13-9-19(31-15-7-8-30-12-15)26-11-16(13)21(28)20(27-22(29)32-23(2,3)4)14-5-6-17(24)18(25)10-14/h5-6,9-11,15,20-21,28H,7-8,12H2,1-4H3,(H,27,29). The highest BCUT2D eigenvalue weighted by Crippen LogP contribution is 2.34. The van der Waals surface area contributed by atoms with Crippen molar-refractivity contribution in [2.45, 2.75) is 58.0 Å². The molecule has 3 unspecified atom stereocenters. The molecule has 2 aromatic rings. The van der Waals surface area contributed by atoms with Crippen molar-refractivity contribution in [3.8, 4) is 5.88 Å². The van der Waals surface area contributed by atoms with Crippen LogP contribution in [0.2, 0.25) is 10.0 Å². The number of halogens is 2. The first-order valence-electron chi connectivity index (χ1n) is 10.4. The molecule has 2 heterocycles. The highest BCUT2D eigenvalue weighted by Gasteiger charge is 2.29. The molecule has 32 heavy (non-hydrogen) atoms. The number of aryl methyl sites for hydroxylation is 1. The summed E-state index contributed by atoms with van der Waals surface area (Å²) >= 11 is 12.2. The Kier molecular flexibility index (Phi) is 7.88. The van der Waals surface area contributed by atoms with E-state index >= 15 is 0 Å². The predicted octanol–water partition coefficient (Wildman–Crippen LogP) is 5.16. The Bertz CT molecular complexity index is 958. The zero-order valence-corrected chi connectivity index (χ0v) is 20.0. The van der Waals surface area contributed by atoms with Gasteiger partial charge in [-0.25, -0.2) is 9.78 Å². The summed E-state index contributed by atoms with van der Waals surface area (Å²) in [6.07, 6.45) is 0.530. The van der Waals surface area contributed by atoms with Crippen LogP contribution in [0.5, 0.6) is 5.88 Å². The van der Waals surface area contributed by atoms with Crippen LogP contribution in [0.15, 0.2) is 30.5 Å². The summed E-state index contributed by atoms with van der Waals surface area (Å²) in [5.74, 6) is 0.458. The predicted molar refractivity (Wildman–Crippen MR) is 122 cm³/mol. The van der Waals surface area contributed by atoms with Crippen LogP contribution >= 0.6 is 23.2 Å². The van der Waals surface area contributed by atoms with E-state index in [2.05, 4.69) is 10.3 Å². The van der Waals surface area contributed by atoms with Crippen molar-refractivity contribution < 1.29 is 24.1 Å². The number of carbonyl (C=O) groups is 1. The third kappa shape index (κ3) is 6.48. The van der Waals surface area contributed by atoms with E-state index in [4.69, 9.17) is 37.4 Å². The van der Waals surface area contributed by atoms with Gasteiger partial charge in [-0.3, -0.25) is 0 Å². The van der Waals surface area contributed by atoms with E-state index in [0.29, 0.717) is 40.3 Å². The Morgan fingerprint density at radius 2 is 2.03 bits per heavy atom. The van der Waals surface area contributed by atoms with Crippen LogP contribution < -0.4 is 10.1 Å². The number of aromatic nitrogens is 1. The molecule has 0 bridgehead atoms. The smallest absolute Gasteiger partial charge is 0.408 e. The van der Waals surface area contributed by atoms with Crippen molar-refractivity contribution in [2.75, 3.05) is 13.2 Å². The van der Waals surface area contributed by atoms with Crippen LogP contribution in [-0.2, 0) is 9.47 Å². The molecule has 1 saturated heterocycles. The lowest BCUT2D eigenvalue weighted by Gasteiger charge is -2.28. The van der Waals surface area contributed by atoms with Gasteiger partial charge in [-0.2, -0.15) is 0 Å². The van der Waals surface area contributed by atoms with Crippen LogP contribution in [0.4, 0.5) is 4.79 Å². The zero-order chi connectivity index (χ0) is 23.5. The maximum atomic E-state index is 12.5. The molecule has 0 aliphatic carbocycles. The number of pyridine rings is 1. The van der Waals surface area contributed by atoms with E-state index in [1.807, 2.05) is 6.92 Å². The van der Waals surface area contributed by atoms with Gasteiger partial charge >= 0.3 is 6.09 Å². The molecule has 174 valence electrons. The summed E-state index contributed by atoms with van der Waals surface area (Å²) in [6, 6.07) is 5.82. The molecule has 0 spiro atoms. The van der Waals surface area contributed by atoms with Crippen molar-refractivity contribution in [1.29, 1.82) is 0 Å². The van der Waals surface area contributed by atoms with Crippen molar-refractivity contribution in [3.05, 3.63) is 57.2 Å². The van der Waals surface area contributed by atoms with Crippen molar-refractivity contribution in [1.82, 2.24) is 10.3 Å². The number of rotatable bonds is 6. The fourth-order valence-electron chi connectivity index (χ4n) is 3.36. The van der Waals surface area contributed by atoms with Crippen LogP contribution in [0.3, 0.4) is 0 Å². The van der Waals surface area contributed by atoms with Crippen LogP contribution in [-0.4, -0.2) is 41.1 Å². The van der Waals surface area contributed by atoms with Gasteiger partial charge in [0, 0.05) is 24.2 Å². The van der Waals surface area contributed by atoms with E-state index in [-0.39, 0.29) is 6.10 Å². The molecule has 0 radical (unpaired) electrons. The van der Waals surface area contributed by atoms with Crippen LogP contribution in [0, 0.1) is 6.92 Å². The number of hydrogen-bond donors (Lipinski definition) is 2. The summed E-state index contributed by atoms with van der Waals surface area (Å²) in [4.78, 5) is 16.9. The van der Waals surface area contributed by atoms with Gasteiger partial charge in [0.05, 0.1) is 29.3 Å². The molecule has 1 aliphatic rings. The third-order valence-electron chi connectivity index (χ3n) is 4.91. The third-order valence-corrected chi connectivity index (χ3v) is 5.65.